The first-order valence-electron chi connectivity index (χ1n) is 7.10. The average molecular weight is 246 g/mol. The lowest BCUT2D eigenvalue weighted by Crippen LogP contribution is -2.41. The van der Waals surface area contributed by atoms with E-state index in [2.05, 4.69) is 43.0 Å². The third-order valence-electron chi connectivity index (χ3n) is 3.96. The first-order valence-corrected chi connectivity index (χ1v) is 7.10. The molecule has 0 amide bonds. The normalized spacial score (nSPS) is 21.7. The third-order valence-corrected chi connectivity index (χ3v) is 3.96. The van der Waals surface area contributed by atoms with Gasteiger partial charge in [0, 0.05) is 12.6 Å². The van der Waals surface area contributed by atoms with E-state index >= 15 is 0 Å². The number of likely N-dealkylation sites (tertiary alicyclic amines) is 1. The van der Waals surface area contributed by atoms with Gasteiger partial charge in [-0.05, 0) is 43.3 Å². The summed E-state index contributed by atoms with van der Waals surface area (Å²) in [6, 6.07) is 10.6. The lowest BCUT2D eigenvalue weighted by Gasteiger charge is -2.38. The van der Waals surface area contributed by atoms with Crippen LogP contribution in [0.3, 0.4) is 0 Å². The molecule has 2 rings (SSSR count). The number of hydrogen-bond donors (Lipinski definition) is 1. The van der Waals surface area contributed by atoms with Crippen LogP contribution in [0, 0.1) is 5.41 Å². The van der Waals surface area contributed by atoms with E-state index in [0.29, 0.717) is 5.41 Å². The van der Waals surface area contributed by atoms with Crippen LogP contribution >= 0.6 is 0 Å². The molecule has 1 aliphatic heterocycles. The SMILES string of the molecule is CC1(C)CCCN(CCC(N)c2ccccc2)C1. The molecule has 0 aliphatic carbocycles. The van der Waals surface area contributed by atoms with Crippen LogP contribution in [0.4, 0.5) is 0 Å². The molecule has 1 fully saturated rings. The topological polar surface area (TPSA) is 29.3 Å². The van der Waals surface area contributed by atoms with Gasteiger partial charge in [-0.1, -0.05) is 44.2 Å². The van der Waals surface area contributed by atoms with E-state index in [1.54, 1.807) is 0 Å². The van der Waals surface area contributed by atoms with Crippen molar-refractivity contribution in [2.45, 2.75) is 39.2 Å². The molecule has 2 nitrogen and oxygen atoms in total. The van der Waals surface area contributed by atoms with E-state index < -0.39 is 0 Å². The molecule has 2 N–H and O–H groups in total. The van der Waals surface area contributed by atoms with Gasteiger partial charge in [-0.15, -0.1) is 0 Å². The minimum atomic E-state index is 0.177. The molecule has 1 unspecified atom stereocenters. The molecule has 0 saturated carbocycles. The number of piperidine rings is 1. The van der Waals surface area contributed by atoms with Crippen LogP contribution in [0.2, 0.25) is 0 Å². The number of rotatable bonds is 4. The van der Waals surface area contributed by atoms with Gasteiger partial charge in [-0.3, -0.25) is 0 Å². The molecule has 0 radical (unpaired) electrons. The second-order valence-electron chi connectivity index (χ2n) is 6.35. The largest absolute Gasteiger partial charge is 0.324 e. The van der Waals surface area contributed by atoms with Crippen molar-refractivity contribution in [3.63, 3.8) is 0 Å². The van der Waals surface area contributed by atoms with Crippen LogP contribution < -0.4 is 5.73 Å². The first-order chi connectivity index (χ1) is 8.57. The number of nitrogens with two attached hydrogens (primary N) is 1. The number of nitrogens with zero attached hydrogens (tertiary/aromatic N) is 1. The predicted octanol–water partition coefficient (Wildman–Crippen LogP) is 3.20. The highest BCUT2D eigenvalue weighted by Gasteiger charge is 2.26. The van der Waals surface area contributed by atoms with Gasteiger partial charge in [0.05, 0.1) is 0 Å². The lowest BCUT2D eigenvalue weighted by atomic mass is 9.84. The summed E-state index contributed by atoms with van der Waals surface area (Å²) in [5.41, 5.74) is 7.99. The van der Waals surface area contributed by atoms with Gasteiger partial charge in [-0.25, -0.2) is 0 Å². The van der Waals surface area contributed by atoms with Crippen LogP contribution in [0.5, 0.6) is 0 Å². The lowest BCUT2D eigenvalue weighted by molar-refractivity contribution is 0.115. The fraction of sp³-hybridized carbons (Fsp3) is 0.625. The average Bonchev–Trinajstić information content (AvgIpc) is 2.36. The summed E-state index contributed by atoms with van der Waals surface area (Å²) >= 11 is 0. The van der Waals surface area contributed by atoms with Crippen molar-refractivity contribution in [1.82, 2.24) is 4.90 Å². The summed E-state index contributed by atoms with van der Waals surface area (Å²) in [6.07, 6.45) is 3.74. The maximum Gasteiger partial charge on any atom is 0.0307 e. The molecule has 0 spiro atoms. The van der Waals surface area contributed by atoms with Crippen LogP contribution in [-0.4, -0.2) is 24.5 Å². The van der Waals surface area contributed by atoms with Gasteiger partial charge in [0.25, 0.3) is 0 Å². The van der Waals surface area contributed by atoms with Crippen molar-refractivity contribution in [3.05, 3.63) is 35.9 Å². The smallest absolute Gasteiger partial charge is 0.0307 e. The highest BCUT2D eigenvalue weighted by molar-refractivity contribution is 5.18. The van der Waals surface area contributed by atoms with Crippen LogP contribution in [0.1, 0.15) is 44.7 Å². The number of benzene rings is 1. The van der Waals surface area contributed by atoms with E-state index in [0.717, 1.165) is 13.0 Å². The molecular formula is C16H26N2. The fourth-order valence-corrected chi connectivity index (χ4v) is 2.92. The summed E-state index contributed by atoms with van der Waals surface area (Å²) in [6.45, 7) is 8.32. The highest BCUT2D eigenvalue weighted by Crippen LogP contribution is 2.28. The molecule has 2 heteroatoms. The van der Waals surface area contributed by atoms with E-state index in [-0.39, 0.29) is 6.04 Å². The molecule has 1 atom stereocenters. The Bertz CT molecular complexity index is 359. The Morgan fingerprint density at radius 1 is 1.28 bits per heavy atom. The Morgan fingerprint density at radius 2 is 2.00 bits per heavy atom. The zero-order valence-corrected chi connectivity index (χ0v) is 11.7. The van der Waals surface area contributed by atoms with Crippen molar-refractivity contribution in [2.75, 3.05) is 19.6 Å². The molecule has 1 heterocycles. The Morgan fingerprint density at radius 3 is 2.67 bits per heavy atom. The number of hydrogen-bond acceptors (Lipinski definition) is 2. The van der Waals surface area contributed by atoms with Gasteiger partial charge >= 0.3 is 0 Å². The molecule has 1 aromatic carbocycles. The summed E-state index contributed by atoms with van der Waals surface area (Å²) in [7, 11) is 0. The fourth-order valence-electron chi connectivity index (χ4n) is 2.92. The summed E-state index contributed by atoms with van der Waals surface area (Å²) < 4.78 is 0. The third kappa shape index (κ3) is 3.82. The van der Waals surface area contributed by atoms with Crippen molar-refractivity contribution in [1.29, 1.82) is 0 Å². The quantitative estimate of drug-likeness (QED) is 0.884. The molecule has 1 aliphatic rings. The molecule has 0 bridgehead atoms. The molecule has 1 saturated heterocycles. The van der Waals surface area contributed by atoms with Crippen LogP contribution in [-0.2, 0) is 0 Å². The second kappa shape index (κ2) is 5.85. The highest BCUT2D eigenvalue weighted by atomic mass is 15.1. The zero-order chi connectivity index (χ0) is 13.0. The zero-order valence-electron chi connectivity index (χ0n) is 11.7. The van der Waals surface area contributed by atoms with E-state index in [9.17, 15) is 0 Å². The molecule has 1 aromatic rings. The van der Waals surface area contributed by atoms with Crippen molar-refractivity contribution in [2.24, 2.45) is 11.1 Å². The van der Waals surface area contributed by atoms with Gasteiger partial charge < -0.3 is 10.6 Å². The standard InChI is InChI=1S/C16H26N2/c1-16(2)10-6-11-18(13-16)12-9-15(17)14-7-4-3-5-8-14/h3-5,7-8,15H,6,9-13,17H2,1-2H3. The van der Waals surface area contributed by atoms with Gasteiger partial charge in [0.15, 0.2) is 0 Å². The van der Waals surface area contributed by atoms with Crippen LogP contribution in [0.15, 0.2) is 30.3 Å². The van der Waals surface area contributed by atoms with Crippen LogP contribution in [0.25, 0.3) is 0 Å². The van der Waals surface area contributed by atoms with Crippen molar-refractivity contribution >= 4 is 0 Å². The molecular weight excluding hydrogens is 220 g/mol. The minimum Gasteiger partial charge on any atom is -0.324 e. The molecule has 18 heavy (non-hydrogen) atoms. The van der Waals surface area contributed by atoms with Gasteiger partial charge in [0.2, 0.25) is 0 Å². The first kappa shape index (κ1) is 13.6. The monoisotopic (exact) mass is 246 g/mol. The minimum absolute atomic E-state index is 0.177. The predicted molar refractivity (Wildman–Crippen MR) is 77.4 cm³/mol. The Balaban J connectivity index is 1.81. The Labute approximate surface area is 111 Å². The Kier molecular flexibility index (Phi) is 4.41. The van der Waals surface area contributed by atoms with Gasteiger partial charge in [0.1, 0.15) is 0 Å². The second-order valence-corrected chi connectivity index (χ2v) is 6.35. The van der Waals surface area contributed by atoms with Crippen molar-refractivity contribution in [3.8, 4) is 0 Å². The van der Waals surface area contributed by atoms with Gasteiger partial charge in [-0.2, -0.15) is 0 Å². The summed E-state index contributed by atoms with van der Waals surface area (Å²) in [5.74, 6) is 0. The van der Waals surface area contributed by atoms with Crippen molar-refractivity contribution < 1.29 is 0 Å². The Hall–Kier alpha value is -0.860. The maximum absolute atomic E-state index is 6.25. The molecule has 100 valence electrons. The summed E-state index contributed by atoms with van der Waals surface area (Å²) in [5, 5.41) is 0. The van der Waals surface area contributed by atoms with E-state index in [4.69, 9.17) is 5.73 Å². The van der Waals surface area contributed by atoms with E-state index in [1.165, 1.54) is 31.5 Å². The maximum atomic E-state index is 6.25. The molecule has 0 aromatic heterocycles. The van der Waals surface area contributed by atoms with E-state index in [1.807, 2.05) is 6.07 Å². The summed E-state index contributed by atoms with van der Waals surface area (Å²) in [4.78, 5) is 2.58.